The van der Waals surface area contributed by atoms with Crippen LogP contribution in [0.15, 0.2) is 33.0 Å². The average molecular weight is 447 g/mol. The summed E-state index contributed by atoms with van der Waals surface area (Å²) in [6.45, 7) is 3.38. The van der Waals surface area contributed by atoms with Crippen LogP contribution in [0, 0.1) is 0 Å². The van der Waals surface area contributed by atoms with Crippen molar-refractivity contribution < 1.29 is 19.3 Å². The van der Waals surface area contributed by atoms with Crippen LogP contribution in [0.3, 0.4) is 0 Å². The Balaban J connectivity index is 1.99. The predicted octanol–water partition coefficient (Wildman–Crippen LogP) is 2.76. The number of rotatable bonds is 4. The molecule has 2 aliphatic heterocycles. The van der Waals surface area contributed by atoms with Gasteiger partial charge in [0.15, 0.2) is 12.1 Å². The molecular weight excluding hydrogens is 426 g/mol. The molecule has 0 saturated carbocycles. The van der Waals surface area contributed by atoms with Crippen LogP contribution in [-0.4, -0.2) is 62.1 Å². The molecule has 9 heteroatoms. The lowest BCUT2D eigenvalue weighted by atomic mass is 10.2. The van der Waals surface area contributed by atoms with Crippen molar-refractivity contribution in [2.75, 3.05) is 38.9 Å². The minimum atomic E-state index is -0.956. The first-order valence-corrected chi connectivity index (χ1v) is 9.31. The molecule has 0 bridgehead atoms. The topological polar surface area (TPSA) is 66.8 Å². The van der Waals surface area contributed by atoms with Gasteiger partial charge >= 0.3 is 0 Å². The third-order valence-electron chi connectivity index (χ3n) is 4.26. The van der Waals surface area contributed by atoms with Gasteiger partial charge in [0.2, 0.25) is 0 Å². The minimum absolute atomic E-state index is 0.0749. The van der Waals surface area contributed by atoms with E-state index in [9.17, 15) is 5.11 Å². The molecule has 7 nitrogen and oxygen atoms in total. The van der Waals surface area contributed by atoms with E-state index in [0.29, 0.717) is 42.2 Å². The maximum absolute atomic E-state index is 10.9. The van der Waals surface area contributed by atoms with Crippen molar-refractivity contribution in [1.29, 1.82) is 0 Å². The molecule has 3 rings (SSSR count). The fourth-order valence-electron chi connectivity index (χ4n) is 3.05. The number of ether oxygens (including phenoxy) is 3. The number of aliphatic hydroxyl groups excluding tert-OH is 1. The highest BCUT2D eigenvalue weighted by Crippen LogP contribution is 2.42. The summed E-state index contributed by atoms with van der Waals surface area (Å²) in [6.07, 6.45) is 0.673. The maximum Gasteiger partial charge on any atom is 0.186 e. The van der Waals surface area contributed by atoms with Crippen LogP contribution in [0.25, 0.3) is 0 Å². The van der Waals surface area contributed by atoms with E-state index >= 15 is 0 Å². The van der Waals surface area contributed by atoms with E-state index in [1.807, 2.05) is 24.0 Å². The Labute approximate surface area is 165 Å². The van der Waals surface area contributed by atoms with E-state index in [0.717, 1.165) is 10.2 Å². The molecule has 26 heavy (non-hydrogen) atoms. The fourth-order valence-corrected chi connectivity index (χ4v) is 3.88. The van der Waals surface area contributed by atoms with Crippen LogP contribution in [0.2, 0.25) is 0 Å². The molecule has 2 atom stereocenters. The normalized spacial score (nSPS) is 20.8. The van der Waals surface area contributed by atoms with Crippen molar-refractivity contribution in [1.82, 2.24) is 4.90 Å². The molecule has 2 aliphatic rings. The second-order valence-electron chi connectivity index (χ2n) is 6.00. The van der Waals surface area contributed by atoms with E-state index in [1.165, 1.54) is 0 Å². The zero-order chi connectivity index (χ0) is 18.8. The summed E-state index contributed by atoms with van der Waals surface area (Å²) in [6, 6.07) is 3.58. The van der Waals surface area contributed by atoms with Crippen LogP contribution in [0.5, 0.6) is 11.5 Å². The first-order valence-electron chi connectivity index (χ1n) is 8.14. The number of benzene rings is 1. The second kappa shape index (κ2) is 8.04. The largest absolute Gasteiger partial charge is 0.497 e. The number of methoxy groups -OCH3 is 2. The molecule has 0 aliphatic carbocycles. The molecule has 0 spiro atoms. The summed E-state index contributed by atoms with van der Waals surface area (Å²) in [4.78, 5) is 8.04. The van der Waals surface area contributed by atoms with Gasteiger partial charge in [-0.3, -0.25) is 0 Å². The smallest absolute Gasteiger partial charge is 0.186 e. The third-order valence-corrected chi connectivity index (χ3v) is 5.05. The number of nitrogens with zero attached hydrogens (tertiary/aromatic N) is 3. The number of aliphatic hydroxyl groups is 1. The molecule has 1 unspecified atom stereocenters. The van der Waals surface area contributed by atoms with E-state index in [1.54, 1.807) is 25.3 Å². The molecular formula is C17H21BrClN3O4. The lowest BCUT2D eigenvalue weighted by Crippen LogP contribution is -2.54. The van der Waals surface area contributed by atoms with Gasteiger partial charge in [-0.15, -0.1) is 0 Å². The van der Waals surface area contributed by atoms with Gasteiger partial charge in [0, 0.05) is 23.8 Å². The Kier molecular flexibility index (Phi) is 5.96. The van der Waals surface area contributed by atoms with E-state index in [-0.39, 0.29) is 6.04 Å². The highest BCUT2D eigenvalue weighted by atomic mass is 79.9. The SMILES string of the molecule is COC[C@H](C)N1C=C(Cl)N=C(N2CCOc3cc(OC)cc(Br)c32)C1O. The lowest BCUT2D eigenvalue weighted by molar-refractivity contribution is 0.0322. The van der Waals surface area contributed by atoms with E-state index in [4.69, 9.17) is 25.8 Å². The highest BCUT2D eigenvalue weighted by molar-refractivity contribution is 9.10. The number of hydrogen-bond donors (Lipinski definition) is 1. The number of fused-ring (bicyclic) bond motifs is 1. The van der Waals surface area contributed by atoms with Gasteiger partial charge in [-0.1, -0.05) is 11.6 Å². The van der Waals surface area contributed by atoms with Crippen LogP contribution >= 0.6 is 27.5 Å². The summed E-state index contributed by atoms with van der Waals surface area (Å²) in [5, 5.41) is 11.2. The van der Waals surface area contributed by atoms with Gasteiger partial charge in [-0.05, 0) is 28.9 Å². The molecule has 0 radical (unpaired) electrons. The molecule has 0 fully saturated rings. The van der Waals surface area contributed by atoms with Crippen molar-refractivity contribution in [2.24, 2.45) is 4.99 Å². The zero-order valence-corrected chi connectivity index (χ0v) is 17.1. The minimum Gasteiger partial charge on any atom is -0.497 e. The Morgan fingerprint density at radius 2 is 2.23 bits per heavy atom. The molecule has 142 valence electrons. The summed E-state index contributed by atoms with van der Waals surface area (Å²) in [5.41, 5.74) is 0.778. The van der Waals surface area contributed by atoms with Gasteiger partial charge in [0.05, 0.1) is 32.0 Å². The number of amidine groups is 1. The Hall–Kier alpha value is -1.48. The summed E-state index contributed by atoms with van der Waals surface area (Å²) in [5.74, 6) is 1.77. The van der Waals surface area contributed by atoms with Gasteiger partial charge in [-0.25, -0.2) is 4.99 Å². The number of anilines is 1. The predicted molar refractivity (Wildman–Crippen MR) is 104 cm³/mol. The molecule has 0 saturated heterocycles. The molecule has 0 aromatic heterocycles. The summed E-state index contributed by atoms with van der Waals surface area (Å²) >= 11 is 9.81. The number of aliphatic imine (C=N–C) groups is 1. The van der Waals surface area contributed by atoms with E-state index in [2.05, 4.69) is 20.9 Å². The van der Waals surface area contributed by atoms with Crippen molar-refractivity contribution >= 4 is 39.1 Å². The highest BCUT2D eigenvalue weighted by Gasteiger charge is 2.35. The van der Waals surface area contributed by atoms with Crippen molar-refractivity contribution in [3.05, 3.63) is 28.0 Å². The van der Waals surface area contributed by atoms with Crippen LogP contribution < -0.4 is 14.4 Å². The van der Waals surface area contributed by atoms with Crippen LogP contribution in [0.1, 0.15) is 6.92 Å². The Bertz CT molecular complexity index is 743. The first kappa shape index (κ1) is 19.3. The van der Waals surface area contributed by atoms with Crippen molar-refractivity contribution in [3.63, 3.8) is 0 Å². The fraction of sp³-hybridized carbons (Fsp3) is 0.471. The molecule has 1 aromatic carbocycles. The number of hydrogen-bond acceptors (Lipinski definition) is 7. The van der Waals surface area contributed by atoms with Crippen LogP contribution in [-0.2, 0) is 4.74 Å². The van der Waals surface area contributed by atoms with Gasteiger partial charge in [0.1, 0.15) is 23.3 Å². The average Bonchev–Trinajstić information content (AvgIpc) is 2.62. The summed E-state index contributed by atoms with van der Waals surface area (Å²) < 4.78 is 17.1. The molecule has 1 aromatic rings. The van der Waals surface area contributed by atoms with Gasteiger partial charge < -0.3 is 29.1 Å². The van der Waals surface area contributed by atoms with Crippen LogP contribution in [0.4, 0.5) is 5.69 Å². The number of halogens is 2. The second-order valence-corrected chi connectivity index (χ2v) is 7.24. The Morgan fingerprint density at radius 3 is 2.92 bits per heavy atom. The quantitative estimate of drug-likeness (QED) is 0.718. The Morgan fingerprint density at radius 1 is 1.46 bits per heavy atom. The molecule has 1 N–H and O–H groups in total. The molecule has 2 heterocycles. The summed E-state index contributed by atoms with van der Waals surface area (Å²) in [7, 11) is 3.22. The van der Waals surface area contributed by atoms with Gasteiger partial charge in [0.25, 0.3) is 0 Å². The molecule has 0 amide bonds. The first-order chi connectivity index (χ1) is 12.5. The zero-order valence-electron chi connectivity index (χ0n) is 14.8. The van der Waals surface area contributed by atoms with Crippen molar-refractivity contribution in [2.45, 2.75) is 19.2 Å². The van der Waals surface area contributed by atoms with Crippen molar-refractivity contribution in [3.8, 4) is 11.5 Å². The maximum atomic E-state index is 10.9. The van der Waals surface area contributed by atoms with E-state index < -0.39 is 6.23 Å². The lowest BCUT2D eigenvalue weighted by Gasteiger charge is -2.40. The third kappa shape index (κ3) is 3.64. The van der Waals surface area contributed by atoms with Gasteiger partial charge in [-0.2, -0.15) is 0 Å². The standard InChI is InChI=1S/C17H21BrClN3O4/c1-10(9-24-2)22-8-14(19)20-16(17(22)23)21-4-5-26-13-7-11(25-3)6-12(18)15(13)21/h6-8,10,17,23H,4-5,9H2,1-3H3/t10-,17?/m0/s1. The monoisotopic (exact) mass is 445 g/mol.